The Morgan fingerprint density at radius 2 is 1.45 bits per heavy atom. The number of rotatable bonds is 13. The smallest absolute Gasteiger partial charge is 0.333 e. The van der Waals surface area contributed by atoms with E-state index in [0.29, 0.717) is 12.5 Å². The number of carbonyl (C=O) groups is 1. The number of hydrogen-bond donors (Lipinski definition) is 0. The van der Waals surface area contributed by atoms with E-state index in [1.54, 1.807) is 0 Å². The van der Waals surface area contributed by atoms with Crippen LogP contribution < -0.4 is 4.74 Å². The number of hydrogen-bond acceptors (Lipinski definition) is 3. The molecule has 1 atom stereocenters. The van der Waals surface area contributed by atoms with E-state index in [9.17, 15) is 4.79 Å². The maximum Gasteiger partial charge on any atom is 0.333 e. The lowest BCUT2D eigenvalue weighted by Crippen LogP contribution is -2.14. The average Bonchev–Trinajstić information content (AvgIpc) is 2.87. The van der Waals surface area contributed by atoms with Crippen molar-refractivity contribution >= 4 is 5.97 Å². The lowest BCUT2D eigenvalue weighted by atomic mass is 9.84. The van der Waals surface area contributed by atoms with Gasteiger partial charge >= 0.3 is 5.97 Å². The first-order chi connectivity index (χ1) is 16.2. The maximum absolute atomic E-state index is 12.3. The molecule has 0 fully saturated rings. The largest absolute Gasteiger partial charge is 0.494 e. The van der Waals surface area contributed by atoms with Crippen molar-refractivity contribution in [1.29, 1.82) is 0 Å². The summed E-state index contributed by atoms with van der Waals surface area (Å²) in [5.41, 5.74) is 4.62. The molecule has 0 radical (unpaired) electrons. The molecule has 0 aliphatic heterocycles. The minimum Gasteiger partial charge on any atom is -0.494 e. The SMILES string of the molecule is CCCCCCOC(=O)C1=CCC(c2ccc(-c3ccc(OCCCCC)cc3)cc2)CC1. The second kappa shape index (κ2) is 13.9. The first-order valence-corrected chi connectivity index (χ1v) is 12.9. The lowest BCUT2D eigenvalue weighted by molar-refractivity contribution is -0.139. The zero-order chi connectivity index (χ0) is 23.3. The molecule has 1 aliphatic rings. The van der Waals surface area contributed by atoms with Crippen LogP contribution >= 0.6 is 0 Å². The molecule has 0 saturated heterocycles. The Labute approximate surface area is 200 Å². The van der Waals surface area contributed by atoms with Gasteiger partial charge in [-0.1, -0.05) is 88.4 Å². The molecule has 0 bridgehead atoms. The number of benzene rings is 2. The van der Waals surface area contributed by atoms with Gasteiger partial charge in [-0.05, 0) is 66.8 Å². The van der Waals surface area contributed by atoms with Gasteiger partial charge in [-0.3, -0.25) is 0 Å². The normalized spacial score (nSPS) is 15.7. The molecule has 33 heavy (non-hydrogen) atoms. The van der Waals surface area contributed by atoms with Gasteiger partial charge in [-0.2, -0.15) is 0 Å². The summed E-state index contributed by atoms with van der Waals surface area (Å²) >= 11 is 0. The highest BCUT2D eigenvalue weighted by molar-refractivity contribution is 5.88. The molecule has 2 aromatic carbocycles. The standard InChI is InChI=1S/C30H40O3/c1-3-5-7-9-23-33-30(31)28-16-14-26(15-17-28)24-10-12-25(13-11-24)27-18-20-29(21-19-27)32-22-8-6-4-2/h10-13,16,18-21,26H,3-9,14-15,17,22-23H2,1-2H3. The molecule has 178 valence electrons. The van der Waals surface area contributed by atoms with Gasteiger partial charge in [0.2, 0.25) is 0 Å². The van der Waals surface area contributed by atoms with Crippen LogP contribution in [0, 0.1) is 0 Å². The predicted molar refractivity (Wildman–Crippen MR) is 137 cm³/mol. The summed E-state index contributed by atoms with van der Waals surface area (Å²) in [5.74, 6) is 1.30. The van der Waals surface area contributed by atoms with Crippen LogP contribution in [0.15, 0.2) is 60.2 Å². The Kier molecular flexibility index (Phi) is 10.5. The van der Waals surface area contributed by atoms with Crippen molar-refractivity contribution in [2.45, 2.75) is 84.0 Å². The molecular weight excluding hydrogens is 408 g/mol. The Balaban J connectivity index is 1.48. The third kappa shape index (κ3) is 8.07. The minimum atomic E-state index is -0.113. The molecule has 3 rings (SSSR count). The molecule has 1 unspecified atom stereocenters. The van der Waals surface area contributed by atoms with Gasteiger partial charge < -0.3 is 9.47 Å². The Morgan fingerprint density at radius 3 is 2.09 bits per heavy atom. The summed E-state index contributed by atoms with van der Waals surface area (Å²) in [7, 11) is 0. The Hall–Kier alpha value is -2.55. The van der Waals surface area contributed by atoms with E-state index in [1.807, 2.05) is 0 Å². The van der Waals surface area contributed by atoms with Crippen molar-refractivity contribution in [1.82, 2.24) is 0 Å². The lowest BCUT2D eigenvalue weighted by Gasteiger charge is -2.22. The topological polar surface area (TPSA) is 35.5 Å². The molecule has 0 heterocycles. The van der Waals surface area contributed by atoms with E-state index in [2.05, 4.69) is 68.5 Å². The molecule has 2 aromatic rings. The van der Waals surface area contributed by atoms with Crippen molar-refractivity contribution in [3.8, 4) is 16.9 Å². The van der Waals surface area contributed by atoms with Crippen molar-refractivity contribution in [3.05, 3.63) is 65.7 Å². The van der Waals surface area contributed by atoms with Crippen molar-refractivity contribution in [2.24, 2.45) is 0 Å². The van der Waals surface area contributed by atoms with E-state index < -0.39 is 0 Å². The summed E-state index contributed by atoms with van der Waals surface area (Å²) in [5, 5.41) is 0. The number of unbranched alkanes of at least 4 members (excludes halogenated alkanes) is 5. The van der Waals surface area contributed by atoms with Crippen LogP contribution in [-0.2, 0) is 9.53 Å². The molecule has 3 heteroatoms. The van der Waals surface area contributed by atoms with Gasteiger partial charge in [-0.25, -0.2) is 4.79 Å². The number of ether oxygens (including phenoxy) is 2. The van der Waals surface area contributed by atoms with Crippen molar-refractivity contribution in [2.75, 3.05) is 13.2 Å². The average molecular weight is 449 g/mol. The fraction of sp³-hybridized carbons (Fsp3) is 0.500. The highest BCUT2D eigenvalue weighted by Gasteiger charge is 2.21. The predicted octanol–water partition coefficient (Wildman–Crippen LogP) is 8.24. The van der Waals surface area contributed by atoms with Crippen molar-refractivity contribution < 1.29 is 14.3 Å². The summed E-state index contributed by atoms with van der Waals surface area (Å²) < 4.78 is 11.3. The first kappa shape index (κ1) is 25.1. The van der Waals surface area contributed by atoms with Gasteiger partial charge in [0.05, 0.1) is 13.2 Å². The fourth-order valence-electron chi connectivity index (χ4n) is 4.34. The third-order valence-corrected chi connectivity index (χ3v) is 6.49. The first-order valence-electron chi connectivity index (χ1n) is 12.9. The second-order valence-corrected chi connectivity index (χ2v) is 9.10. The molecule has 0 spiro atoms. The summed E-state index contributed by atoms with van der Waals surface area (Å²) in [4.78, 5) is 12.3. The van der Waals surface area contributed by atoms with Crippen LogP contribution in [0.25, 0.3) is 11.1 Å². The van der Waals surface area contributed by atoms with E-state index in [0.717, 1.165) is 56.5 Å². The highest BCUT2D eigenvalue weighted by Crippen LogP contribution is 2.34. The Morgan fingerprint density at radius 1 is 0.818 bits per heavy atom. The molecule has 0 aromatic heterocycles. The van der Waals surface area contributed by atoms with Crippen LogP contribution in [0.4, 0.5) is 0 Å². The van der Waals surface area contributed by atoms with E-state index in [4.69, 9.17) is 9.47 Å². The zero-order valence-corrected chi connectivity index (χ0v) is 20.5. The van der Waals surface area contributed by atoms with Crippen LogP contribution in [0.1, 0.15) is 89.5 Å². The summed E-state index contributed by atoms with van der Waals surface area (Å²) in [6.07, 6.45) is 12.8. The van der Waals surface area contributed by atoms with Crippen LogP contribution in [-0.4, -0.2) is 19.2 Å². The molecule has 1 aliphatic carbocycles. The van der Waals surface area contributed by atoms with Crippen LogP contribution in [0.3, 0.4) is 0 Å². The summed E-state index contributed by atoms with van der Waals surface area (Å²) in [6, 6.07) is 17.3. The third-order valence-electron chi connectivity index (χ3n) is 6.49. The monoisotopic (exact) mass is 448 g/mol. The number of carbonyl (C=O) groups excluding carboxylic acids is 1. The molecular formula is C30H40O3. The van der Waals surface area contributed by atoms with E-state index in [1.165, 1.54) is 42.4 Å². The fourth-order valence-corrected chi connectivity index (χ4v) is 4.34. The minimum absolute atomic E-state index is 0.113. The van der Waals surface area contributed by atoms with Crippen LogP contribution in [0.2, 0.25) is 0 Å². The van der Waals surface area contributed by atoms with Crippen LogP contribution in [0.5, 0.6) is 5.75 Å². The molecule has 0 amide bonds. The second-order valence-electron chi connectivity index (χ2n) is 9.10. The zero-order valence-electron chi connectivity index (χ0n) is 20.5. The number of allylic oxidation sites excluding steroid dienone is 1. The van der Waals surface area contributed by atoms with Gasteiger partial charge in [0, 0.05) is 5.57 Å². The quantitative estimate of drug-likeness (QED) is 0.229. The number of esters is 1. The molecule has 3 nitrogen and oxygen atoms in total. The highest BCUT2D eigenvalue weighted by atomic mass is 16.5. The summed E-state index contributed by atoms with van der Waals surface area (Å²) in [6.45, 7) is 5.73. The molecule has 0 N–H and O–H groups in total. The van der Waals surface area contributed by atoms with E-state index in [-0.39, 0.29) is 5.97 Å². The van der Waals surface area contributed by atoms with Gasteiger partial charge in [0.25, 0.3) is 0 Å². The van der Waals surface area contributed by atoms with Crippen molar-refractivity contribution in [3.63, 3.8) is 0 Å². The Bertz CT molecular complexity index is 864. The van der Waals surface area contributed by atoms with Gasteiger partial charge in [0.15, 0.2) is 0 Å². The maximum atomic E-state index is 12.3. The van der Waals surface area contributed by atoms with E-state index >= 15 is 0 Å². The van der Waals surface area contributed by atoms with Gasteiger partial charge in [-0.15, -0.1) is 0 Å². The molecule has 0 saturated carbocycles. The van der Waals surface area contributed by atoms with Gasteiger partial charge in [0.1, 0.15) is 5.75 Å².